The smallest absolute Gasteiger partial charge is 0.195 e. The summed E-state index contributed by atoms with van der Waals surface area (Å²) in [7, 11) is 3.25. The number of aromatic nitrogens is 3. The Balaban J connectivity index is 2.66. The Morgan fingerprint density at radius 1 is 1.10 bits per heavy atom. The number of hydrogen-bond acceptors (Lipinski definition) is 4. The fourth-order valence-corrected chi connectivity index (χ4v) is 2.46. The Bertz CT molecular complexity index is 646. The molecule has 0 spiro atoms. The third-order valence-corrected chi connectivity index (χ3v) is 3.23. The van der Waals surface area contributed by atoms with Gasteiger partial charge >= 0.3 is 0 Å². The monoisotopic (exact) mass is 293 g/mol. The van der Waals surface area contributed by atoms with Gasteiger partial charge in [-0.3, -0.25) is 9.67 Å². The Morgan fingerprint density at radius 3 is 2.10 bits per heavy atom. The summed E-state index contributed by atoms with van der Waals surface area (Å²) in [5.41, 5.74) is 0.721. The number of nitrogens with one attached hydrogen (secondary N) is 1. The van der Waals surface area contributed by atoms with Crippen LogP contribution in [0.1, 0.15) is 20.8 Å². The number of ether oxygens (including phenoxy) is 2. The molecule has 0 atom stereocenters. The molecule has 0 aliphatic rings. The van der Waals surface area contributed by atoms with Crippen molar-refractivity contribution in [3.63, 3.8) is 0 Å². The van der Waals surface area contributed by atoms with E-state index in [-0.39, 0.29) is 5.54 Å². The Kier molecular flexibility index (Phi) is 3.85. The van der Waals surface area contributed by atoms with Gasteiger partial charge in [0.15, 0.2) is 10.6 Å². The van der Waals surface area contributed by atoms with Crippen LogP contribution < -0.4 is 9.47 Å². The molecule has 0 aliphatic heterocycles. The predicted octanol–water partition coefficient (Wildman–Crippen LogP) is 3.38. The molecule has 6 heteroatoms. The summed E-state index contributed by atoms with van der Waals surface area (Å²) in [6.07, 6.45) is 0. The number of methoxy groups -OCH3 is 2. The molecule has 0 radical (unpaired) electrons. The summed E-state index contributed by atoms with van der Waals surface area (Å²) < 4.78 is 13.2. The molecule has 2 rings (SSSR count). The number of rotatable bonds is 3. The van der Waals surface area contributed by atoms with Gasteiger partial charge in [-0.05, 0) is 45.1 Å². The maximum absolute atomic E-state index is 5.33. The van der Waals surface area contributed by atoms with E-state index in [0.717, 1.165) is 11.4 Å². The minimum atomic E-state index is -0.171. The van der Waals surface area contributed by atoms with E-state index in [0.29, 0.717) is 16.3 Å². The van der Waals surface area contributed by atoms with Gasteiger partial charge in [0.1, 0.15) is 11.5 Å². The largest absolute Gasteiger partial charge is 0.497 e. The molecule has 0 aliphatic carbocycles. The van der Waals surface area contributed by atoms with E-state index >= 15 is 0 Å². The van der Waals surface area contributed by atoms with Crippen molar-refractivity contribution in [1.29, 1.82) is 0 Å². The van der Waals surface area contributed by atoms with Gasteiger partial charge in [0.05, 0.1) is 14.2 Å². The van der Waals surface area contributed by atoms with Crippen molar-refractivity contribution >= 4 is 12.2 Å². The minimum absolute atomic E-state index is 0.171. The van der Waals surface area contributed by atoms with Crippen LogP contribution in [-0.2, 0) is 5.54 Å². The molecule has 0 unspecified atom stereocenters. The van der Waals surface area contributed by atoms with E-state index < -0.39 is 0 Å². The van der Waals surface area contributed by atoms with E-state index in [1.54, 1.807) is 14.2 Å². The lowest BCUT2D eigenvalue weighted by Crippen LogP contribution is -2.23. The zero-order chi connectivity index (χ0) is 14.9. The van der Waals surface area contributed by atoms with Crippen LogP contribution in [0.15, 0.2) is 18.2 Å². The highest BCUT2D eigenvalue weighted by molar-refractivity contribution is 7.71. The number of hydrogen-bond donors (Lipinski definition) is 1. The van der Waals surface area contributed by atoms with Crippen LogP contribution in [0.5, 0.6) is 11.5 Å². The average molecular weight is 293 g/mol. The number of nitrogens with zero attached hydrogens (tertiary/aromatic N) is 2. The van der Waals surface area contributed by atoms with Crippen LogP contribution >= 0.6 is 12.2 Å². The van der Waals surface area contributed by atoms with Crippen molar-refractivity contribution < 1.29 is 9.47 Å². The first-order chi connectivity index (χ1) is 9.36. The fraction of sp³-hybridized carbons (Fsp3) is 0.429. The molecule has 0 saturated heterocycles. The summed E-state index contributed by atoms with van der Waals surface area (Å²) in [6, 6.07) is 5.65. The summed E-state index contributed by atoms with van der Waals surface area (Å²) in [5, 5.41) is 7.19. The third kappa shape index (κ3) is 2.70. The van der Waals surface area contributed by atoms with Crippen LogP contribution in [0.2, 0.25) is 0 Å². The molecular formula is C14H19N3O2S. The zero-order valence-corrected chi connectivity index (χ0v) is 13.2. The van der Waals surface area contributed by atoms with Crippen molar-refractivity contribution in [2.45, 2.75) is 26.3 Å². The van der Waals surface area contributed by atoms with E-state index in [1.807, 2.05) is 22.8 Å². The zero-order valence-electron chi connectivity index (χ0n) is 12.4. The standard InChI is InChI=1S/C14H19N3O2S/c1-14(2,3)17-12(15-16-13(17)20)9-6-10(18-4)8-11(7-9)19-5/h6-8H,1-5H3,(H,16,20). The molecule has 1 aromatic heterocycles. The fourth-order valence-electron chi connectivity index (χ4n) is 2.05. The molecule has 20 heavy (non-hydrogen) atoms. The van der Waals surface area contributed by atoms with Gasteiger partial charge in [-0.25, -0.2) is 0 Å². The van der Waals surface area contributed by atoms with Crippen molar-refractivity contribution in [1.82, 2.24) is 14.8 Å². The van der Waals surface area contributed by atoms with Gasteiger partial charge in [-0.2, -0.15) is 5.10 Å². The second-order valence-corrected chi connectivity index (χ2v) is 5.85. The molecule has 108 valence electrons. The minimum Gasteiger partial charge on any atom is -0.497 e. The number of aromatic amines is 1. The van der Waals surface area contributed by atoms with Gasteiger partial charge < -0.3 is 9.47 Å². The van der Waals surface area contributed by atoms with Gasteiger partial charge in [0, 0.05) is 17.2 Å². The summed E-state index contributed by atoms with van der Waals surface area (Å²) in [5.74, 6) is 2.20. The lowest BCUT2D eigenvalue weighted by Gasteiger charge is -2.22. The molecule has 0 saturated carbocycles. The van der Waals surface area contributed by atoms with Crippen LogP contribution in [0.3, 0.4) is 0 Å². The van der Waals surface area contributed by atoms with Gasteiger partial charge in [-0.1, -0.05) is 0 Å². The van der Waals surface area contributed by atoms with Gasteiger partial charge in [0.25, 0.3) is 0 Å². The van der Waals surface area contributed by atoms with Crippen molar-refractivity contribution in [2.75, 3.05) is 14.2 Å². The average Bonchev–Trinajstić information content (AvgIpc) is 2.80. The van der Waals surface area contributed by atoms with Crippen molar-refractivity contribution in [3.05, 3.63) is 23.0 Å². The molecule has 5 nitrogen and oxygen atoms in total. The molecule has 0 amide bonds. The van der Waals surface area contributed by atoms with Crippen molar-refractivity contribution in [3.8, 4) is 22.9 Å². The Labute approximate surface area is 123 Å². The van der Waals surface area contributed by atoms with Gasteiger partial charge in [-0.15, -0.1) is 0 Å². The van der Waals surface area contributed by atoms with Crippen LogP contribution in [0, 0.1) is 4.77 Å². The van der Waals surface area contributed by atoms with Crippen LogP contribution in [-0.4, -0.2) is 29.0 Å². The highest BCUT2D eigenvalue weighted by Gasteiger charge is 2.21. The Hall–Kier alpha value is -1.82. The lowest BCUT2D eigenvalue weighted by molar-refractivity contribution is 0.390. The lowest BCUT2D eigenvalue weighted by atomic mass is 10.1. The first-order valence-electron chi connectivity index (χ1n) is 6.28. The highest BCUT2D eigenvalue weighted by Crippen LogP contribution is 2.31. The molecule has 0 fully saturated rings. The highest BCUT2D eigenvalue weighted by atomic mass is 32.1. The van der Waals surface area contributed by atoms with Gasteiger partial charge in [0.2, 0.25) is 0 Å². The summed E-state index contributed by atoms with van der Waals surface area (Å²) >= 11 is 5.33. The van der Waals surface area contributed by atoms with Crippen LogP contribution in [0.4, 0.5) is 0 Å². The maximum atomic E-state index is 5.33. The van der Waals surface area contributed by atoms with E-state index in [4.69, 9.17) is 21.7 Å². The normalized spacial score (nSPS) is 11.4. The SMILES string of the molecule is COc1cc(OC)cc(-c2n[nH]c(=S)n2C(C)(C)C)c1. The second-order valence-electron chi connectivity index (χ2n) is 5.46. The summed E-state index contributed by atoms with van der Waals surface area (Å²) in [6.45, 7) is 6.25. The molecule has 2 aromatic rings. The number of benzene rings is 1. The first kappa shape index (κ1) is 14.6. The molecule has 1 heterocycles. The second kappa shape index (κ2) is 5.28. The Morgan fingerprint density at radius 2 is 1.65 bits per heavy atom. The van der Waals surface area contributed by atoms with E-state index in [9.17, 15) is 0 Å². The molecule has 1 aromatic carbocycles. The van der Waals surface area contributed by atoms with E-state index in [2.05, 4.69) is 31.0 Å². The van der Waals surface area contributed by atoms with Crippen molar-refractivity contribution in [2.24, 2.45) is 0 Å². The predicted molar refractivity (Wildman–Crippen MR) is 80.9 cm³/mol. The first-order valence-corrected chi connectivity index (χ1v) is 6.69. The topological polar surface area (TPSA) is 52.1 Å². The quantitative estimate of drug-likeness (QED) is 0.881. The molecule has 1 N–H and O–H groups in total. The van der Waals surface area contributed by atoms with Crippen LogP contribution in [0.25, 0.3) is 11.4 Å². The van der Waals surface area contributed by atoms with E-state index in [1.165, 1.54) is 0 Å². The third-order valence-electron chi connectivity index (χ3n) is 2.95. The number of H-pyrrole nitrogens is 1. The maximum Gasteiger partial charge on any atom is 0.195 e. The molecule has 0 bridgehead atoms. The summed E-state index contributed by atoms with van der Waals surface area (Å²) in [4.78, 5) is 0. The molecular weight excluding hydrogens is 274 g/mol.